The van der Waals surface area contributed by atoms with E-state index >= 15 is 0 Å². The summed E-state index contributed by atoms with van der Waals surface area (Å²) in [5.74, 6) is -0.425. The number of benzene rings is 2. The fourth-order valence-corrected chi connectivity index (χ4v) is 5.33. The van der Waals surface area contributed by atoms with Gasteiger partial charge in [0.15, 0.2) is 0 Å². The molecule has 220 valence electrons. The van der Waals surface area contributed by atoms with Crippen molar-refractivity contribution >= 4 is 40.7 Å². The summed E-state index contributed by atoms with van der Waals surface area (Å²) in [6.45, 7) is 5.50. The average molecular weight is 603 g/mol. The number of hydrogen-bond donors (Lipinski definition) is 3. The molecule has 1 aliphatic rings. The Hall–Kier alpha value is -2.53. The first kappa shape index (κ1) is 32.0. The van der Waals surface area contributed by atoms with E-state index in [0.29, 0.717) is 59.5 Å². The Kier molecular flexibility index (Phi) is 11.1. The van der Waals surface area contributed by atoms with Gasteiger partial charge in [0, 0.05) is 67.3 Å². The number of halogens is 5. The molecule has 0 radical (unpaired) electrons. The standard InChI is InChI=1S/C28H36Cl2F3N5O2/c1-17(2)13-23(35)21-15-19(28(31,32)33)4-6-25(21)37-9-11-38(12-10-37)27(40)24(36-26(39)7-8-34)14-18-3-5-20(29)16-22(18)30/h3-6,15-17,23-24H,7-14,34-35H2,1-2H3,(H,36,39)/t23-,24-/m1/s1. The Morgan fingerprint density at radius 3 is 2.30 bits per heavy atom. The first-order valence-electron chi connectivity index (χ1n) is 13.2. The molecule has 2 atom stereocenters. The smallest absolute Gasteiger partial charge is 0.368 e. The van der Waals surface area contributed by atoms with Crippen molar-refractivity contribution in [3.05, 3.63) is 63.1 Å². The van der Waals surface area contributed by atoms with E-state index < -0.39 is 23.8 Å². The van der Waals surface area contributed by atoms with Gasteiger partial charge in [-0.2, -0.15) is 13.2 Å². The summed E-state index contributed by atoms with van der Waals surface area (Å²) < 4.78 is 40.4. The van der Waals surface area contributed by atoms with E-state index in [-0.39, 0.29) is 37.1 Å². The molecule has 0 aliphatic carbocycles. The van der Waals surface area contributed by atoms with Crippen LogP contribution in [-0.4, -0.2) is 55.5 Å². The largest absolute Gasteiger partial charge is 0.416 e. The number of alkyl halides is 3. The normalized spacial score (nSPS) is 15.8. The second-order valence-corrected chi connectivity index (χ2v) is 11.3. The van der Waals surface area contributed by atoms with Crippen LogP contribution in [0.15, 0.2) is 36.4 Å². The quantitative estimate of drug-likeness (QED) is 0.363. The predicted molar refractivity (Wildman–Crippen MR) is 152 cm³/mol. The van der Waals surface area contributed by atoms with Crippen molar-refractivity contribution in [2.24, 2.45) is 17.4 Å². The molecule has 1 saturated heterocycles. The van der Waals surface area contributed by atoms with E-state index in [4.69, 9.17) is 34.7 Å². The molecule has 2 amide bonds. The van der Waals surface area contributed by atoms with E-state index in [1.54, 1.807) is 23.1 Å². The third-order valence-electron chi connectivity index (χ3n) is 6.86. The predicted octanol–water partition coefficient (Wildman–Crippen LogP) is 4.78. The number of carbonyl (C=O) groups excluding carboxylic acids is 2. The van der Waals surface area contributed by atoms with Crippen molar-refractivity contribution in [3.63, 3.8) is 0 Å². The van der Waals surface area contributed by atoms with Crippen LogP contribution < -0.4 is 21.7 Å². The summed E-state index contributed by atoms with van der Waals surface area (Å²) in [6.07, 6.45) is -3.71. The number of nitrogens with two attached hydrogens (primary N) is 2. The number of carbonyl (C=O) groups is 2. The van der Waals surface area contributed by atoms with Crippen LogP contribution in [0.1, 0.15) is 49.4 Å². The van der Waals surface area contributed by atoms with E-state index in [1.807, 2.05) is 18.7 Å². The van der Waals surface area contributed by atoms with Crippen LogP contribution >= 0.6 is 23.2 Å². The lowest BCUT2D eigenvalue weighted by molar-refractivity contribution is -0.137. The molecule has 0 unspecified atom stereocenters. The van der Waals surface area contributed by atoms with Gasteiger partial charge in [0.25, 0.3) is 0 Å². The highest BCUT2D eigenvalue weighted by Crippen LogP contribution is 2.36. The van der Waals surface area contributed by atoms with Crippen LogP contribution in [0.3, 0.4) is 0 Å². The minimum atomic E-state index is -4.48. The molecular formula is C28H36Cl2F3N5O2. The lowest BCUT2D eigenvalue weighted by Crippen LogP contribution is -2.56. The number of nitrogens with one attached hydrogen (secondary N) is 1. The molecule has 2 aromatic carbocycles. The fraction of sp³-hybridized carbons (Fsp3) is 0.500. The molecule has 0 bridgehead atoms. The summed E-state index contributed by atoms with van der Waals surface area (Å²) >= 11 is 12.3. The van der Waals surface area contributed by atoms with Crippen molar-refractivity contribution in [1.82, 2.24) is 10.2 Å². The highest BCUT2D eigenvalue weighted by molar-refractivity contribution is 6.35. The van der Waals surface area contributed by atoms with Gasteiger partial charge in [0.1, 0.15) is 6.04 Å². The molecule has 12 heteroatoms. The van der Waals surface area contributed by atoms with Gasteiger partial charge >= 0.3 is 6.18 Å². The first-order chi connectivity index (χ1) is 18.8. The van der Waals surface area contributed by atoms with E-state index in [9.17, 15) is 22.8 Å². The Morgan fingerprint density at radius 2 is 1.73 bits per heavy atom. The number of amides is 2. The lowest BCUT2D eigenvalue weighted by atomic mass is 9.94. The third-order valence-corrected chi connectivity index (χ3v) is 7.44. The van der Waals surface area contributed by atoms with Crippen molar-refractivity contribution < 1.29 is 22.8 Å². The minimum absolute atomic E-state index is 0.0687. The molecule has 1 fully saturated rings. The monoisotopic (exact) mass is 601 g/mol. The van der Waals surface area contributed by atoms with Crippen molar-refractivity contribution in [3.8, 4) is 0 Å². The van der Waals surface area contributed by atoms with Crippen LogP contribution in [0.2, 0.25) is 10.0 Å². The van der Waals surface area contributed by atoms with Crippen molar-refractivity contribution in [2.45, 2.75) is 51.4 Å². The number of anilines is 1. The van der Waals surface area contributed by atoms with Crippen LogP contribution in [0.4, 0.5) is 18.9 Å². The average Bonchev–Trinajstić information content (AvgIpc) is 2.88. The number of nitrogens with zero attached hydrogens (tertiary/aromatic N) is 2. The van der Waals surface area contributed by atoms with E-state index in [2.05, 4.69) is 5.32 Å². The lowest BCUT2D eigenvalue weighted by Gasteiger charge is -2.39. The zero-order valence-electron chi connectivity index (χ0n) is 22.6. The van der Waals surface area contributed by atoms with Crippen LogP contribution in [0.5, 0.6) is 0 Å². The van der Waals surface area contributed by atoms with Gasteiger partial charge in [-0.3, -0.25) is 9.59 Å². The third kappa shape index (κ3) is 8.49. The maximum atomic E-state index is 13.6. The fourth-order valence-electron chi connectivity index (χ4n) is 4.84. The Bertz CT molecular complexity index is 1190. The Labute approximate surface area is 242 Å². The van der Waals surface area contributed by atoms with Gasteiger partial charge in [0.05, 0.1) is 5.56 Å². The Morgan fingerprint density at radius 1 is 1.05 bits per heavy atom. The molecule has 1 heterocycles. The summed E-state index contributed by atoms with van der Waals surface area (Å²) in [5.41, 5.74) is 12.9. The van der Waals surface area contributed by atoms with Gasteiger partial charge in [0.2, 0.25) is 11.8 Å². The van der Waals surface area contributed by atoms with Gasteiger partial charge in [-0.1, -0.05) is 43.1 Å². The zero-order chi connectivity index (χ0) is 29.6. The first-order valence-corrected chi connectivity index (χ1v) is 14.0. The second-order valence-electron chi connectivity index (χ2n) is 10.4. The SMILES string of the molecule is CC(C)C[C@@H](N)c1cc(C(F)(F)F)ccc1N1CCN(C(=O)[C@@H](Cc2ccc(Cl)cc2Cl)NC(=O)CCN)CC1. The van der Waals surface area contributed by atoms with Crippen molar-refractivity contribution in [2.75, 3.05) is 37.6 Å². The molecule has 40 heavy (non-hydrogen) atoms. The molecule has 7 nitrogen and oxygen atoms in total. The zero-order valence-corrected chi connectivity index (χ0v) is 24.1. The van der Waals surface area contributed by atoms with E-state index in [1.165, 1.54) is 6.07 Å². The molecule has 1 aliphatic heterocycles. The Balaban J connectivity index is 1.79. The maximum absolute atomic E-state index is 13.6. The highest BCUT2D eigenvalue weighted by atomic mass is 35.5. The molecule has 0 saturated carbocycles. The van der Waals surface area contributed by atoms with Gasteiger partial charge in [-0.25, -0.2) is 0 Å². The number of piperazine rings is 1. The van der Waals surface area contributed by atoms with Crippen LogP contribution in [0, 0.1) is 5.92 Å². The summed E-state index contributed by atoms with van der Waals surface area (Å²) in [7, 11) is 0. The molecule has 3 rings (SSSR count). The minimum Gasteiger partial charge on any atom is -0.368 e. The highest BCUT2D eigenvalue weighted by Gasteiger charge is 2.34. The molecule has 0 aromatic heterocycles. The number of rotatable bonds is 10. The molecule has 0 spiro atoms. The second kappa shape index (κ2) is 13.9. The molecule has 2 aromatic rings. The van der Waals surface area contributed by atoms with Crippen LogP contribution in [0.25, 0.3) is 0 Å². The summed E-state index contributed by atoms with van der Waals surface area (Å²) in [5, 5.41) is 3.61. The van der Waals surface area contributed by atoms with Crippen LogP contribution in [-0.2, 0) is 22.2 Å². The summed E-state index contributed by atoms with van der Waals surface area (Å²) in [4.78, 5) is 29.5. The van der Waals surface area contributed by atoms with E-state index in [0.717, 1.165) is 12.1 Å². The maximum Gasteiger partial charge on any atom is 0.416 e. The number of hydrogen-bond acceptors (Lipinski definition) is 5. The van der Waals surface area contributed by atoms with Gasteiger partial charge in [-0.15, -0.1) is 0 Å². The van der Waals surface area contributed by atoms with Gasteiger partial charge < -0.3 is 26.6 Å². The van der Waals surface area contributed by atoms with Gasteiger partial charge in [-0.05, 0) is 53.8 Å². The summed E-state index contributed by atoms with van der Waals surface area (Å²) in [6, 6.07) is 7.19. The molecule has 5 N–H and O–H groups in total. The van der Waals surface area contributed by atoms with Crippen molar-refractivity contribution in [1.29, 1.82) is 0 Å². The topological polar surface area (TPSA) is 105 Å². The molecular weight excluding hydrogens is 566 g/mol.